The highest BCUT2D eigenvalue weighted by Crippen LogP contribution is 2.24. The average Bonchev–Trinajstić information content (AvgIpc) is 2.41. The molecule has 1 unspecified atom stereocenters. The topological polar surface area (TPSA) is 52.6 Å². The van der Waals surface area contributed by atoms with Crippen molar-refractivity contribution in [3.8, 4) is 0 Å². The van der Waals surface area contributed by atoms with Crippen molar-refractivity contribution in [2.75, 3.05) is 25.5 Å². The largest absolute Gasteiger partial charge is 0.478 e. The Bertz CT molecular complexity index is 479. The van der Waals surface area contributed by atoms with Gasteiger partial charge in [-0.25, -0.2) is 4.79 Å². The quantitative estimate of drug-likeness (QED) is 0.888. The highest BCUT2D eigenvalue weighted by atomic mass is 16.4. The van der Waals surface area contributed by atoms with Gasteiger partial charge in [-0.05, 0) is 76.5 Å². The normalized spacial score (nSPS) is 18.8. The summed E-state index contributed by atoms with van der Waals surface area (Å²) in [4.78, 5) is 13.3. The fraction of sp³-hybridized carbons (Fsp3) is 0.562. The Hall–Kier alpha value is -1.55. The molecule has 0 aromatic heterocycles. The molecule has 20 heavy (non-hydrogen) atoms. The number of nitrogens with zero attached hydrogens (tertiary/aromatic N) is 1. The van der Waals surface area contributed by atoms with E-state index in [9.17, 15) is 4.79 Å². The van der Waals surface area contributed by atoms with E-state index in [-0.39, 0.29) is 0 Å². The molecule has 1 aliphatic heterocycles. The molecule has 110 valence electrons. The number of hydrogen-bond donors (Lipinski definition) is 2. The molecular formula is C16H24N2O2. The van der Waals surface area contributed by atoms with Gasteiger partial charge in [0.25, 0.3) is 0 Å². The smallest absolute Gasteiger partial charge is 0.335 e. The molecular weight excluding hydrogens is 252 g/mol. The number of carboxylic acid groups (broad SMARTS) is 1. The first-order chi connectivity index (χ1) is 9.47. The van der Waals surface area contributed by atoms with Crippen LogP contribution in [0.2, 0.25) is 0 Å². The molecule has 1 aromatic rings. The van der Waals surface area contributed by atoms with Crippen LogP contribution in [-0.4, -0.2) is 42.2 Å². The lowest BCUT2D eigenvalue weighted by molar-refractivity contribution is 0.0697. The molecule has 0 bridgehead atoms. The molecule has 1 aliphatic rings. The van der Waals surface area contributed by atoms with Crippen LogP contribution < -0.4 is 5.32 Å². The maximum absolute atomic E-state index is 10.9. The zero-order valence-corrected chi connectivity index (χ0v) is 12.5. The lowest BCUT2D eigenvalue weighted by Crippen LogP contribution is -2.37. The zero-order valence-electron chi connectivity index (χ0n) is 12.5. The lowest BCUT2D eigenvalue weighted by Gasteiger charge is -2.33. The highest BCUT2D eigenvalue weighted by molar-refractivity contribution is 5.88. The maximum Gasteiger partial charge on any atom is 0.335 e. The van der Waals surface area contributed by atoms with Gasteiger partial charge >= 0.3 is 5.97 Å². The van der Waals surface area contributed by atoms with Crippen LogP contribution in [-0.2, 0) is 0 Å². The predicted molar refractivity (Wildman–Crippen MR) is 81.4 cm³/mol. The Labute approximate surface area is 120 Å². The molecule has 1 fully saturated rings. The third-order valence-electron chi connectivity index (χ3n) is 4.33. The minimum atomic E-state index is -0.872. The number of rotatable bonds is 4. The standard InChI is InChI=1S/C16H24N2O2/c1-11-10-14(16(19)20)4-5-15(11)17-12(2)13-6-8-18(3)9-7-13/h4-5,10,12-13,17H,6-9H2,1-3H3,(H,19,20). The summed E-state index contributed by atoms with van der Waals surface area (Å²) < 4.78 is 0. The number of benzene rings is 1. The van der Waals surface area contributed by atoms with Crippen LogP contribution in [0.15, 0.2) is 18.2 Å². The van der Waals surface area contributed by atoms with Crippen LogP contribution in [0, 0.1) is 12.8 Å². The zero-order chi connectivity index (χ0) is 14.7. The molecule has 0 saturated carbocycles. The summed E-state index contributed by atoms with van der Waals surface area (Å²) in [6, 6.07) is 5.69. The fourth-order valence-corrected chi connectivity index (χ4v) is 2.85. The van der Waals surface area contributed by atoms with Crippen LogP contribution >= 0.6 is 0 Å². The van der Waals surface area contributed by atoms with E-state index in [0.717, 1.165) is 24.3 Å². The van der Waals surface area contributed by atoms with Gasteiger partial charge in [0, 0.05) is 11.7 Å². The van der Waals surface area contributed by atoms with Crippen LogP contribution in [0.25, 0.3) is 0 Å². The number of nitrogens with one attached hydrogen (secondary N) is 1. The van der Waals surface area contributed by atoms with Crippen molar-refractivity contribution in [2.24, 2.45) is 5.92 Å². The van der Waals surface area contributed by atoms with Crippen LogP contribution in [0.4, 0.5) is 5.69 Å². The van der Waals surface area contributed by atoms with Crippen molar-refractivity contribution in [2.45, 2.75) is 32.7 Å². The number of carboxylic acids is 1. The first kappa shape index (κ1) is 14.9. The van der Waals surface area contributed by atoms with E-state index in [1.54, 1.807) is 12.1 Å². The second-order valence-electron chi connectivity index (χ2n) is 5.91. The third kappa shape index (κ3) is 3.51. The van der Waals surface area contributed by atoms with Crippen molar-refractivity contribution >= 4 is 11.7 Å². The molecule has 4 heteroatoms. The van der Waals surface area contributed by atoms with Gasteiger partial charge < -0.3 is 15.3 Å². The fourth-order valence-electron chi connectivity index (χ4n) is 2.85. The molecule has 1 heterocycles. The summed E-state index contributed by atoms with van der Waals surface area (Å²) in [7, 11) is 2.17. The van der Waals surface area contributed by atoms with Gasteiger partial charge in [0.15, 0.2) is 0 Å². The minimum absolute atomic E-state index is 0.347. The Morgan fingerprint density at radius 3 is 2.60 bits per heavy atom. The summed E-state index contributed by atoms with van der Waals surface area (Å²) in [5.41, 5.74) is 2.38. The van der Waals surface area contributed by atoms with E-state index in [0.29, 0.717) is 17.5 Å². The molecule has 1 saturated heterocycles. The van der Waals surface area contributed by atoms with Crippen LogP contribution in [0.5, 0.6) is 0 Å². The van der Waals surface area contributed by atoms with Gasteiger partial charge in [0.2, 0.25) is 0 Å². The van der Waals surface area contributed by atoms with E-state index in [4.69, 9.17) is 5.11 Å². The van der Waals surface area contributed by atoms with Crippen molar-refractivity contribution in [3.05, 3.63) is 29.3 Å². The summed E-state index contributed by atoms with van der Waals surface area (Å²) >= 11 is 0. The predicted octanol–water partition coefficient (Wildman–Crippen LogP) is 2.84. The lowest BCUT2D eigenvalue weighted by atomic mass is 9.90. The van der Waals surface area contributed by atoms with Crippen molar-refractivity contribution in [3.63, 3.8) is 0 Å². The molecule has 0 aliphatic carbocycles. The molecule has 4 nitrogen and oxygen atoms in total. The Morgan fingerprint density at radius 2 is 2.05 bits per heavy atom. The van der Waals surface area contributed by atoms with Crippen LogP contribution in [0.1, 0.15) is 35.7 Å². The molecule has 1 atom stereocenters. The van der Waals surface area contributed by atoms with E-state index in [2.05, 4.69) is 24.2 Å². The number of anilines is 1. The number of piperidine rings is 1. The van der Waals surface area contributed by atoms with E-state index in [1.165, 1.54) is 12.8 Å². The summed E-state index contributed by atoms with van der Waals surface area (Å²) in [5.74, 6) is -0.187. The first-order valence-corrected chi connectivity index (χ1v) is 7.26. The average molecular weight is 276 g/mol. The SMILES string of the molecule is Cc1cc(C(=O)O)ccc1NC(C)C1CCN(C)CC1. The first-order valence-electron chi connectivity index (χ1n) is 7.26. The third-order valence-corrected chi connectivity index (χ3v) is 4.33. The Balaban J connectivity index is 2.00. The number of aryl methyl sites for hydroxylation is 1. The minimum Gasteiger partial charge on any atom is -0.478 e. The number of likely N-dealkylation sites (tertiary alicyclic amines) is 1. The number of hydrogen-bond acceptors (Lipinski definition) is 3. The molecule has 0 radical (unpaired) electrons. The Kier molecular flexibility index (Phi) is 4.65. The number of carbonyl (C=O) groups is 1. The van der Waals surface area contributed by atoms with Gasteiger partial charge in [-0.1, -0.05) is 0 Å². The van der Waals surface area contributed by atoms with Gasteiger partial charge in [-0.15, -0.1) is 0 Å². The molecule has 0 spiro atoms. The maximum atomic E-state index is 10.9. The summed E-state index contributed by atoms with van der Waals surface area (Å²) in [6.07, 6.45) is 2.44. The molecule has 2 N–H and O–H groups in total. The van der Waals surface area contributed by atoms with Crippen molar-refractivity contribution < 1.29 is 9.90 Å². The Morgan fingerprint density at radius 1 is 1.40 bits per heavy atom. The van der Waals surface area contributed by atoms with Crippen molar-refractivity contribution in [1.82, 2.24) is 4.90 Å². The summed E-state index contributed by atoms with van der Waals surface area (Å²) in [5, 5.41) is 12.5. The van der Waals surface area contributed by atoms with Gasteiger partial charge in [0.05, 0.1) is 5.56 Å². The molecule has 0 amide bonds. The van der Waals surface area contributed by atoms with E-state index >= 15 is 0 Å². The van der Waals surface area contributed by atoms with Gasteiger partial charge in [-0.3, -0.25) is 0 Å². The van der Waals surface area contributed by atoms with Crippen molar-refractivity contribution in [1.29, 1.82) is 0 Å². The monoisotopic (exact) mass is 276 g/mol. The summed E-state index contributed by atoms with van der Waals surface area (Å²) in [6.45, 7) is 6.50. The van der Waals surface area contributed by atoms with Gasteiger partial charge in [0.1, 0.15) is 0 Å². The molecule has 2 rings (SSSR count). The highest BCUT2D eigenvalue weighted by Gasteiger charge is 2.22. The van der Waals surface area contributed by atoms with Gasteiger partial charge in [-0.2, -0.15) is 0 Å². The van der Waals surface area contributed by atoms with E-state index in [1.807, 2.05) is 13.0 Å². The van der Waals surface area contributed by atoms with Crippen LogP contribution in [0.3, 0.4) is 0 Å². The van der Waals surface area contributed by atoms with E-state index < -0.39 is 5.97 Å². The second kappa shape index (κ2) is 6.27. The second-order valence-corrected chi connectivity index (χ2v) is 5.91. The number of aromatic carboxylic acids is 1. The molecule has 1 aromatic carbocycles.